The first-order chi connectivity index (χ1) is 12.7. The molecule has 2 atom stereocenters. The Labute approximate surface area is 161 Å². The molecule has 0 radical (unpaired) electrons. The van der Waals surface area contributed by atoms with Crippen LogP contribution in [0.15, 0.2) is 30.3 Å². The molecule has 0 spiro atoms. The molecule has 1 aliphatic heterocycles. The predicted octanol–water partition coefficient (Wildman–Crippen LogP) is 4.44. The molecular formula is C21H31NO5. The van der Waals surface area contributed by atoms with E-state index in [4.69, 9.17) is 14.2 Å². The fourth-order valence-corrected chi connectivity index (χ4v) is 3.47. The summed E-state index contributed by atoms with van der Waals surface area (Å²) < 4.78 is 17.1. The van der Waals surface area contributed by atoms with Crippen molar-refractivity contribution in [2.24, 2.45) is 0 Å². The summed E-state index contributed by atoms with van der Waals surface area (Å²) in [7, 11) is 0. The van der Waals surface area contributed by atoms with E-state index in [2.05, 4.69) is 0 Å². The van der Waals surface area contributed by atoms with E-state index >= 15 is 0 Å². The van der Waals surface area contributed by atoms with Gasteiger partial charge in [0.05, 0.1) is 6.61 Å². The minimum absolute atomic E-state index is 0.248. The van der Waals surface area contributed by atoms with Crippen molar-refractivity contribution in [1.29, 1.82) is 0 Å². The normalized spacial score (nSPS) is 21.8. The van der Waals surface area contributed by atoms with Crippen molar-refractivity contribution in [3.05, 3.63) is 35.9 Å². The highest BCUT2D eigenvalue weighted by atomic mass is 16.6. The van der Waals surface area contributed by atoms with Crippen molar-refractivity contribution in [3.8, 4) is 0 Å². The molecule has 1 amide bonds. The van der Waals surface area contributed by atoms with Crippen LogP contribution in [0.4, 0.5) is 4.79 Å². The molecule has 150 valence electrons. The SMILES string of the molecule is CCOC(=O)C1OC(CC)(CC)N(C(=O)OC(C)(C)C)C1c1ccccc1. The summed E-state index contributed by atoms with van der Waals surface area (Å²) in [5.41, 5.74) is -0.779. The summed E-state index contributed by atoms with van der Waals surface area (Å²) in [4.78, 5) is 27.4. The molecule has 0 bridgehead atoms. The minimum atomic E-state index is -0.930. The van der Waals surface area contributed by atoms with Crippen LogP contribution in [0, 0.1) is 0 Å². The molecular weight excluding hydrogens is 346 g/mol. The number of ether oxygens (including phenoxy) is 3. The molecule has 1 fully saturated rings. The Bertz CT molecular complexity index is 648. The molecule has 6 nitrogen and oxygen atoms in total. The van der Waals surface area contributed by atoms with Gasteiger partial charge in [-0.2, -0.15) is 0 Å². The quantitative estimate of drug-likeness (QED) is 0.710. The predicted molar refractivity (Wildman–Crippen MR) is 102 cm³/mol. The Kier molecular flexibility index (Phi) is 6.52. The van der Waals surface area contributed by atoms with E-state index in [-0.39, 0.29) is 6.61 Å². The third-order valence-electron chi connectivity index (χ3n) is 4.71. The molecule has 0 aliphatic carbocycles. The molecule has 6 heteroatoms. The molecule has 1 heterocycles. The largest absolute Gasteiger partial charge is 0.464 e. The second-order valence-corrected chi connectivity index (χ2v) is 7.65. The number of hydrogen-bond acceptors (Lipinski definition) is 5. The molecule has 2 unspecified atom stereocenters. The molecule has 0 saturated carbocycles. The van der Waals surface area contributed by atoms with E-state index in [1.54, 1.807) is 11.8 Å². The van der Waals surface area contributed by atoms with Gasteiger partial charge < -0.3 is 14.2 Å². The first-order valence-corrected chi connectivity index (χ1v) is 9.60. The van der Waals surface area contributed by atoms with Crippen LogP contribution >= 0.6 is 0 Å². The molecule has 1 aromatic rings. The highest BCUT2D eigenvalue weighted by molar-refractivity contribution is 5.79. The lowest BCUT2D eigenvalue weighted by Gasteiger charge is -2.38. The maximum absolute atomic E-state index is 13.2. The van der Waals surface area contributed by atoms with E-state index in [0.29, 0.717) is 12.8 Å². The average molecular weight is 377 g/mol. The topological polar surface area (TPSA) is 65.1 Å². The van der Waals surface area contributed by atoms with Gasteiger partial charge in [-0.25, -0.2) is 9.59 Å². The Morgan fingerprint density at radius 3 is 2.19 bits per heavy atom. The van der Waals surface area contributed by atoms with Gasteiger partial charge in [0.15, 0.2) is 6.10 Å². The van der Waals surface area contributed by atoms with Crippen LogP contribution in [0.1, 0.15) is 66.0 Å². The number of carbonyl (C=O) groups is 2. The summed E-state index contributed by atoms with van der Waals surface area (Å²) in [5, 5.41) is 0. The van der Waals surface area contributed by atoms with Gasteiger partial charge in [0.1, 0.15) is 17.4 Å². The van der Waals surface area contributed by atoms with E-state index in [0.717, 1.165) is 5.56 Å². The Balaban J connectivity index is 2.56. The van der Waals surface area contributed by atoms with Gasteiger partial charge in [0, 0.05) is 0 Å². The highest BCUT2D eigenvalue weighted by Gasteiger charge is 2.57. The molecule has 0 aromatic heterocycles. The molecule has 0 N–H and O–H groups in total. The standard InChI is InChI=1S/C21H31NO5/c1-7-21(8-2)22(19(24)27-20(4,5)6)16(15-13-11-10-12-14-15)17(26-21)18(23)25-9-3/h10-14,16-17H,7-9H2,1-6H3. The summed E-state index contributed by atoms with van der Waals surface area (Å²) in [6, 6.07) is 8.81. The van der Waals surface area contributed by atoms with Gasteiger partial charge in [-0.05, 0) is 46.1 Å². The third-order valence-corrected chi connectivity index (χ3v) is 4.71. The fraction of sp³-hybridized carbons (Fsp3) is 0.619. The van der Waals surface area contributed by atoms with Crippen molar-refractivity contribution < 1.29 is 23.8 Å². The van der Waals surface area contributed by atoms with Crippen LogP contribution in [0.5, 0.6) is 0 Å². The Morgan fingerprint density at radius 1 is 1.11 bits per heavy atom. The zero-order chi connectivity index (χ0) is 20.2. The van der Waals surface area contributed by atoms with Crippen LogP contribution in [-0.4, -0.2) is 41.0 Å². The van der Waals surface area contributed by atoms with Gasteiger partial charge in [0.2, 0.25) is 0 Å². The first-order valence-electron chi connectivity index (χ1n) is 9.60. The number of carbonyl (C=O) groups excluding carboxylic acids is 2. The van der Waals surface area contributed by atoms with Gasteiger partial charge in [-0.3, -0.25) is 4.90 Å². The van der Waals surface area contributed by atoms with Crippen LogP contribution in [0.25, 0.3) is 0 Å². The van der Waals surface area contributed by atoms with Crippen molar-refractivity contribution in [2.45, 2.75) is 77.9 Å². The number of hydrogen-bond donors (Lipinski definition) is 0. The second-order valence-electron chi connectivity index (χ2n) is 7.65. The lowest BCUT2D eigenvalue weighted by molar-refractivity contribution is -0.165. The van der Waals surface area contributed by atoms with E-state index in [1.165, 1.54) is 0 Å². The van der Waals surface area contributed by atoms with Crippen molar-refractivity contribution in [1.82, 2.24) is 4.90 Å². The van der Waals surface area contributed by atoms with Crippen LogP contribution in [0.3, 0.4) is 0 Å². The van der Waals surface area contributed by atoms with Crippen LogP contribution in [0.2, 0.25) is 0 Å². The lowest BCUT2D eigenvalue weighted by atomic mass is 9.98. The number of esters is 1. The van der Waals surface area contributed by atoms with E-state index in [9.17, 15) is 9.59 Å². The molecule has 2 rings (SSSR count). The van der Waals surface area contributed by atoms with Crippen molar-refractivity contribution >= 4 is 12.1 Å². The monoisotopic (exact) mass is 377 g/mol. The molecule has 1 aromatic carbocycles. The number of rotatable bonds is 5. The highest BCUT2D eigenvalue weighted by Crippen LogP contribution is 2.46. The first kappa shape index (κ1) is 21.2. The smallest absolute Gasteiger partial charge is 0.413 e. The number of nitrogens with zero attached hydrogens (tertiary/aromatic N) is 1. The second kappa shape index (κ2) is 8.30. The van der Waals surface area contributed by atoms with Gasteiger partial charge >= 0.3 is 12.1 Å². The number of amides is 1. The van der Waals surface area contributed by atoms with Crippen molar-refractivity contribution in [3.63, 3.8) is 0 Å². The van der Waals surface area contributed by atoms with Crippen LogP contribution < -0.4 is 0 Å². The van der Waals surface area contributed by atoms with Gasteiger partial charge in [0.25, 0.3) is 0 Å². The zero-order valence-corrected chi connectivity index (χ0v) is 17.2. The summed E-state index contributed by atoms with van der Waals surface area (Å²) in [6.45, 7) is 11.3. The number of benzene rings is 1. The minimum Gasteiger partial charge on any atom is -0.464 e. The average Bonchev–Trinajstić information content (AvgIpc) is 2.97. The third kappa shape index (κ3) is 4.43. The van der Waals surface area contributed by atoms with Gasteiger partial charge in [-0.1, -0.05) is 44.2 Å². The Morgan fingerprint density at radius 2 is 1.70 bits per heavy atom. The van der Waals surface area contributed by atoms with Gasteiger partial charge in [-0.15, -0.1) is 0 Å². The fourth-order valence-electron chi connectivity index (χ4n) is 3.47. The van der Waals surface area contributed by atoms with Crippen LogP contribution in [-0.2, 0) is 19.0 Å². The Hall–Kier alpha value is -2.08. The van der Waals surface area contributed by atoms with E-state index in [1.807, 2.05) is 65.0 Å². The zero-order valence-electron chi connectivity index (χ0n) is 17.2. The summed E-state index contributed by atoms with van der Waals surface area (Å²) >= 11 is 0. The molecule has 27 heavy (non-hydrogen) atoms. The maximum atomic E-state index is 13.2. The maximum Gasteiger partial charge on any atom is 0.413 e. The van der Waals surface area contributed by atoms with Crippen molar-refractivity contribution in [2.75, 3.05) is 6.61 Å². The van der Waals surface area contributed by atoms with E-state index < -0.39 is 35.5 Å². The summed E-state index contributed by atoms with van der Waals surface area (Å²) in [5.74, 6) is -0.469. The molecule has 1 aliphatic rings. The lowest BCUT2D eigenvalue weighted by Crippen LogP contribution is -2.50. The summed E-state index contributed by atoms with van der Waals surface area (Å²) in [6.07, 6.45) is -0.337. The molecule has 1 saturated heterocycles.